The quantitative estimate of drug-likeness (QED) is 0.787. The van der Waals surface area contributed by atoms with Crippen molar-refractivity contribution in [1.29, 1.82) is 0 Å². The number of carbonyl (C=O) groups is 1. The van der Waals surface area contributed by atoms with E-state index in [0.29, 0.717) is 11.5 Å². The van der Waals surface area contributed by atoms with Gasteiger partial charge in [-0.15, -0.1) is 0 Å². The molecular weight excluding hydrogens is 314 g/mol. The maximum atomic E-state index is 11.6. The summed E-state index contributed by atoms with van der Waals surface area (Å²) in [6, 6.07) is 6.65. The van der Waals surface area contributed by atoms with Crippen molar-refractivity contribution in [1.82, 2.24) is 9.97 Å². The molecule has 25 heavy (non-hydrogen) atoms. The van der Waals surface area contributed by atoms with Crippen LogP contribution in [0.1, 0.15) is 55.1 Å². The molecule has 0 spiro atoms. The maximum Gasteiger partial charge on any atom is 0.341 e. The number of anilines is 2. The Balaban J connectivity index is 1.95. The Morgan fingerprint density at radius 2 is 2.00 bits per heavy atom. The van der Waals surface area contributed by atoms with E-state index in [2.05, 4.69) is 53.8 Å². The van der Waals surface area contributed by atoms with Crippen LogP contribution < -0.4 is 4.90 Å². The van der Waals surface area contributed by atoms with E-state index in [-0.39, 0.29) is 5.41 Å². The van der Waals surface area contributed by atoms with Gasteiger partial charge in [-0.25, -0.2) is 14.8 Å². The summed E-state index contributed by atoms with van der Waals surface area (Å²) in [5.41, 5.74) is 4.49. The minimum absolute atomic E-state index is 0.193. The number of ether oxygens (including phenoxy) is 1. The lowest BCUT2D eigenvalue weighted by molar-refractivity contribution is 0.0600. The molecule has 2 aromatic rings. The molecule has 0 fully saturated rings. The minimum Gasteiger partial charge on any atom is -0.465 e. The summed E-state index contributed by atoms with van der Waals surface area (Å²) in [7, 11) is 1.35. The van der Waals surface area contributed by atoms with Crippen molar-refractivity contribution in [2.45, 2.75) is 45.4 Å². The molecule has 0 N–H and O–H groups in total. The van der Waals surface area contributed by atoms with Gasteiger partial charge in [0.1, 0.15) is 0 Å². The molecule has 0 saturated carbocycles. The molecule has 1 aromatic heterocycles. The lowest BCUT2D eigenvalue weighted by Gasteiger charge is -2.34. The normalized spacial score (nSPS) is 15.4. The molecule has 0 aliphatic heterocycles. The zero-order valence-electron chi connectivity index (χ0n) is 15.4. The van der Waals surface area contributed by atoms with Crippen molar-refractivity contribution in [3.63, 3.8) is 0 Å². The summed E-state index contributed by atoms with van der Waals surface area (Å²) in [6.07, 6.45) is 6.63. The average Bonchev–Trinajstić information content (AvgIpc) is 2.62. The van der Waals surface area contributed by atoms with Crippen LogP contribution in [0.25, 0.3) is 0 Å². The molecule has 5 nitrogen and oxygen atoms in total. The van der Waals surface area contributed by atoms with Gasteiger partial charge < -0.3 is 9.64 Å². The van der Waals surface area contributed by atoms with Crippen LogP contribution in [0, 0.1) is 0 Å². The number of aryl methyl sites for hydroxylation is 1. The highest BCUT2D eigenvalue weighted by Crippen LogP contribution is 2.39. The number of rotatable bonds is 4. The number of benzene rings is 1. The van der Waals surface area contributed by atoms with Crippen molar-refractivity contribution in [2.75, 3.05) is 18.6 Å². The van der Waals surface area contributed by atoms with Gasteiger partial charge in [-0.1, -0.05) is 19.9 Å². The van der Waals surface area contributed by atoms with E-state index in [1.165, 1.54) is 43.5 Å². The number of methoxy groups -OCH3 is 1. The van der Waals surface area contributed by atoms with Crippen LogP contribution in [0.4, 0.5) is 11.6 Å². The van der Waals surface area contributed by atoms with E-state index >= 15 is 0 Å². The van der Waals surface area contributed by atoms with Crippen LogP contribution in [-0.2, 0) is 16.6 Å². The average molecular weight is 339 g/mol. The van der Waals surface area contributed by atoms with Crippen molar-refractivity contribution in [3.8, 4) is 0 Å². The van der Waals surface area contributed by atoms with Crippen molar-refractivity contribution >= 4 is 17.6 Å². The monoisotopic (exact) mass is 339 g/mol. The minimum atomic E-state index is -0.426. The highest BCUT2D eigenvalue weighted by atomic mass is 16.5. The Labute approximate surface area is 149 Å². The van der Waals surface area contributed by atoms with E-state index in [1.54, 1.807) is 0 Å². The first-order chi connectivity index (χ1) is 12.0. The second kappa shape index (κ2) is 6.82. The molecule has 0 saturated heterocycles. The Morgan fingerprint density at radius 1 is 1.28 bits per heavy atom. The SMILES string of the molecule is CCN(c1ccc2c(c1)C(C)(C)CCC2)c1ncc(C(=O)OC)cn1. The van der Waals surface area contributed by atoms with Crippen LogP contribution in [0.3, 0.4) is 0 Å². The number of carbonyl (C=O) groups excluding carboxylic acids is 1. The van der Waals surface area contributed by atoms with E-state index in [1.807, 2.05) is 0 Å². The summed E-state index contributed by atoms with van der Waals surface area (Å²) in [5, 5.41) is 0. The Kier molecular flexibility index (Phi) is 4.75. The molecule has 1 aromatic carbocycles. The third-order valence-electron chi connectivity index (χ3n) is 5.00. The van der Waals surface area contributed by atoms with Crippen molar-refractivity contribution < 1.29 is 9.53 Å². The summed E-state index contributed by atoms with van der Waals surface area (Å²) >= 11 is 0. The van der Waals surface area contributed by atoms with Gasteiger partial charge in [-0.3, -0.25) is 0 Å². The van der Waals surface area contributed by atoms with Crippen LogP contribution >= 0.6 is 0 Å². The zero-order chi connectivity index (χ0) is 18.0. The summed E-state index contributed by atoms with van der Waals surface area (Å²) in [6.45, 7) is 7.44. The molecule has 0 atom stereocenters. The topological polar surface area (TPSA) is 55.3 Å². The zero-order valence-corrected chi connectivity index (χ0v) is 15.4. The predicted molar refractivity (Wildman–Crippen MR) is 98.5 cm³/mol. The molecule has 3 rings (SSSR count). The van der Waals surface area contributed by atoms with Gasteiger partial charge in [0.15, 0.2) is 0 Å². The fraction of sp³-hybridized carbons (Fsp3) is 0.450. The number of hydrogen-bond donors (Lipinski definition) is 0. The first-order valence-electron chi connectivity index (χ1n) is 8.77. The summed E-state index contributed by atoms with van der Waals surface area (Å²) in [4.78, 5) is 22.3. The largest absolute Gasteiger partial charge is 0.465 e. The van der Waals surface area contributed by atoms with Gasteiger partial charge in [-0.2, -0.15) is 0 Å². The smallest absolute Gasteiger partial charge is 0.341 e. The summed E-state index contributed by atoms with van der Waals surface area (Å²) < 4.78 is 4.70. The van der Waals surface area contributed by atoms with Crippen LogP contribution in [0.15, 0.2) is 30.6 Å². The third-order valence-corrected chi connectivity index (χ3v) is 5.00. The molecule has 1 heterocycles. The molecule has 5 heteroatoms. The fourth-order valence-corrected chi connectivity index (χ4v) is 3.56. The first-order valence-corrected chi connectivity index (χ1v) is 8.77. The Hall–Kier alpha value is -2.43. The molecule has 0 radical (unpaired) electrons. The highest BCUT2D eigenvalue weighted by molar-refractivity contribution is 5.88. The van der Waals surface area contributed by atoms with Gasteiger partial charge in [0.25, 0.3) is 0 Å². The van der Waals surface area contributed by atoms with Gasteiger partial charge in [0.2, 0.25) is 5.95 Å². The van der Waals surface area contributed by atoms with Gasteiger partial charge in [0.05, 0.1) is 12.7 Å². The number of hydrogen-bond acceptors (Lipinski definition) is 5. The molecule has 132 valence electrons. The second-order valence-corrected chi connectivity index (χ2v) is 7.09. The first kappa shape index (κ1) is 17.4. The van der Waals surface area contributed by atoms with Crippen molar-refractivity contribution in [3.05, 3.63) is 47.3 Å². The van der Waals surface area contributed by atoms with Crippen molar-refractivity contribution in [2.24, 2.45) is 0 Å². The fourth-order valence-electron chi connectivity index (χ4n) is 3.56. The van der Waals surface area contributed by atoms with Gasteiger partial charge in [-0.05, 0) is 54.9 Å². The lowest BCUT2D eigenvalue weighted by Crippen LogP contribution is -2.25. The Bertz CT molecular complexity index is 769. The standard InChI is InChI=1S/C20H25N3O2/c1-5-23(19-21-12-15(13-22-19)18(24)25-4)16-9-8-14-7-6-10-20(2,3)17(14)11-16/h8-9,11-13H,5-7,10H2,1-4H3. The second-order valence-electron chi connectivity index (χ2n) is 7.09. The highest BCUT2D eigenvalue weighted by Gasteiger charge is 2.28. The Morgan fingerprint density at radius 3 is 2.64 bits per heavy atom. The molecule has 0 amide bonds. The maximum absolute atomic E-state index is 11.6. The predicted octanol–water partition coefficient (Wildman–Crippen LogP) is 4.04. The lowest BCUT2D eigenvalue weighted by atomic mass is 9.72. The molecule has 0 bridgehead atoms. The van der Waals surface area contributed by atoms with Crippen LogP contribution in [-0.4, -0.2) is 29.6 Å². The molecule has 0 unspecified atom stereocenters. The van der Waals surface area contributed by atoms with Gasteiger partial charge in [0, 0.05) is 24.6 Å². The molecule has 1 aliphatic rings. The number of fused-ring (bicyclic) bond motifs is 1. The van der Waals surface area contributed by atoms with Crippen LogP contribution in [0.2, 0.25) is 0 Å². The van der Waals surface area contributed by atoms with E-state index in [0.717, 1.165) is 18.7 Å². The molecular formula is C20H25N3O2. The summed E-state index contributed by atoms with van der Waals surface area (Å²) in [5.74, 6) is 0.161. The molecule has 1 aliphatic carbocycles. The van der Waals surface area contributed by atoms with E-state index in [9.17, 15) is 4.79 Å². The van der Waals surface area contributed by atoms with E-state index in [4.69, 9.17) is 4.74 Å². The van der Waals surface area contributed by atoms with Crippen LogP contribution in [0.5, 0.6) is 0 Å². The number of aromatic nitrogens is 2. The van der Waals surface area contributed by atoms with Gasteiger partial charge >= 0.3 is 5.97 Å². The van der Waals surface area contributed by atoms with E-state index < -0.39 is 5.97 Å². The third kappa shape index (κ3) is 3.36. The number of esters is 1. The number of nitrogens with zero attached hydrogens (tertiary/aromatic N) is 3.